The van der Waals surface area contributed by atoms with Crippen LogP contribution >= 0.6 is 11.6 Å². The van der Waals surface area contributed by atoms with Crippen LogP contribution in [0.25, 0.3) is 0 Å². The van der Waals surface area contributed by atoms with Crippen LogP contribution in [0.15, 0.2) is 6.20 Å². The lowest BCUT2D eigenvalue weighted by Crippen LogP contribution is -2.42. The first kappa shape index (κ1) is 14.9. The Balaban J connectivity index is 1.62. The lowest BCUT2D eigenvalue weighted by atomic mass is 9.66. The first-order valence-corrected chi connectivity index (χ1v) is 8.40. The quantitative estimate of drug-likeness (QED) is 0.930. The molecule has 1 heterocycles. The van der Waals surface area contributed by atoms with E-state index in [1.54, 1.807) is 13.2 Å². The van der Waals surface area contributed by atoms with Gasteiger partial charge in [0.1, 0.15) is 5.15 Å². The van der Waals surface area contributed by atoms with E-state index in [9.17, 15) is 4.79 Å². The Hall–Kier alpha value is -1.03. The molecular weight excluding hydrogens is 286 g/mol. The molecule has 5 heteroatoms. The Morgan fingerprint density at radius 3 is 2.62 bits per heavy atom. The molecule has 2 aliphatic carbocycles. The second-order valence-electron chi connectivity index (χ2n) is 6.86. The minimum Gasteiger partial charge on any atom is -0.349 e. The van der Waals surface area contributed by atoms with Gasteiger partial charge in [0.25, 0.3) is 5.91 Å². The average Bonchev–Trinajstić information content (AvgIpc) is 2.78. The van der Waals surface area contributed by atoms with Crippen molar-refractivity contribution in [3.05, 3.63) is 16.9 Å². The molecule has 3 unspecified atom stereocenters. The average molecular weight is 310 g/mol. The zero-order valence-corrected chi connectivity index (χ0v) is 13.6. The van der Waals surface area contributed by atoms with Crippen molar-refractivity contribution < 1.29 is 4.79 Å². The molecule has 0 spiro atoms. The van der Waals surface area contributed by atoms with E-state index in [4.69, 9.17) is 11.6 Å². The molecule has 0 aliphatic heterocycles. The summed E-state index contributed by atoms with van der Waals surface area (Å²) in [5.41, 5.74) is 0.474. The van der Waals surface area contributed by atoms with E-state index in [1.165, 1.54) is 43.2 Å². The molecule has 2 fully saturated rings. The van der Waals surface area contributed by atoms with Crippen LogP contribution in [0.5, 0.6) is 0 Å². The second kappa shape index (κ2) is 5.99. The normalized spacial score (nSPS) is 30.0. The Morgan fingerprint density at radius 2 is 2.05 bits per heavy atom. The molecular formula is C16H24ClN3O. The lowest BCUT2D eigenvalue weighted by Gasteiger charge is -2.41. The fourth-order valence-electron chi connectivity index (χ4n) is 4.17. The predicted octanol–water partition coefficient (Wildman–Crippen LogP) is 3.41. The molecule has 2 aliphatic rings. The van der Waals surface area contributed by atoms with Gasteiger partial charge in [0, 0.05) is 13.1 Å². The minimum absolute atomic E-state index is 0.101. The van der Waals surface area contributed by atoms with Gasteiger partial charge in [0.2, 0.25) is 0 Å². The second-order valence-corrected chi connectivity index (χ2v) is 7.22. The summed E-state index contributed by atoms with van der Waals surface area (Å²) in [7, 11) is 1.74. The first-order chi connectivity index (χ1) is 10.0. The van der Waals surface area contributed by atoms with Gasteiger partial charge in [-0.1, -0.05) is 30.9 Å². The molecule has 1 aromatic heterocycles. The van der Waals surface area contributed by atoms with Gasteiger partial charge < -0.3 is 5.32 Å². The van der Waals surface area contributed by atoms with Gasteiger partial charge in [-0.15, -0.1) is 0 Å². The smallest absolute Gasteiger partial charge is 0.256 e. The molecule has 116 valence electrons. The topological polar surface area (TPSA) is 46.9 Å². The molecule has 0 saturated heterocycles. The molecule has 21 heavy (non-hydrogen) atoms. The maximum absolute atomic E-state index is 12.3. The summed E-state index contributed by atoms with van der Waals surface area (Å²) >= 11 is 6.09. The zero-order valence-electron chi connectivity index (χ0n) is 12.8. The molecule has 4 nitrogen and oxygen atoms in total. The summed E-state index contributed by atoms with van der Waals surface area (Å²) in [6.07, 6.45) is 9.63. The number of nitrogens with one attached hydrogen (secondary N) is 1. The van der Waals surface area contributed by atoms with Crippen molar-refractivity contribution in [1.29, 1.82) is 0 Å². The number of halogens is 1. The highest BCUT2D eigenvalue weighted by atomic mass is 35.5. The van der Waals surface area contributed by atoms with Gasteiger partial charge in [-0.05, 0) is 43.9 Å². The Morgan fingerprint density at radius 1 is 1.38 bits per heavy atom. The van der Waals surface area contributed by atoms with E-state index in [0.717, 1.165) is 11.8 Å². The standard InChI is InChI=1S/C16H24ClN3O/c1-10(13-7-11-4-3-5-12(6-11)8-13)19-16(21)14-9-18-20(2)15(14)17/h9-13H,3-8H2,1-2H3,(H,19,21). The monoisotopic (exact) mass is 309 g/mol. The lowest BCUT2D eigenvalue weighted by molar-refractivity contribution is 0.0854. The highest BCUT2D eigenvalue weighted by Gasteiger charge is 2.34. The number of fused-ring (bicyclic) bond motifs is 2. The van der Waals surface area contributed by atoms with Gasteiger partial charge in [0.05, 0.1) is 11.8 Å². The van der Waals surface area contributed by atoms with Crippen molar-refractivity contribution in [2.45, 2.75) is 51.5 Å². The van der Waals surface area contributed by atoms with Crippen LogP contribution in [-0.4, -0.2) is 21.7 Å². The molecule has 3 atom stereocenters. The number of amides is 1. The molecule has 0 aromatic carbocycles. The summed E-state index contributed by atoms with van der Waals surface area (Å²) in [6.45, 7) is 2.13. The molecule has 1 aromatic rings. The fraction of sp³-hybridized carbons (Fsp3) is 0.750. The highest BCUT2D eigenvalue weighted by Crippen LogP contribution is 2.43. The van der Waals surface area contributed by atoms with Crippen molar-refractivity contribution in [3.8, 4) is 0 Å². The fourth-order valence-corrected chi connectivity index (χ4v) is 4.35. The van der Waals surface area contributed by atoms with Crippen LogP contribution in [0.4, 0.5) is 0 Å². The third-order valence-corrected chi connectivity index (χ3v) is 5.79. The summed E-state index contributed by atoms with van der Waals surface area (Å²) in [5.74, 6) is 2.26. The predicted molar refractivity (Wildman–Crippen MR) is 83.3 cm³/mol. The number of carbonyl (C=O) groups is 1. The van der Waals surface area contributed by atoms with Crippen molar-refractivity contribution in [3.63, 3.8) is 0 Å². The molecule has 2 bridgehead atoms. The van der Waals surface area contributed by atoms with Gasteiger partial charge in [-0.25, -0.2) is 0 Å². The van der Waals surface area contributed by atoms with Crippen LogP contribution in [0.2, 0.25) is 5.15 Å². The van der Waals surface area contributed by atoms with E-state index >= 15 is 0 Å². The summed E-state index contributed by atoms with van der Waals surface area (Å²) < 4.78 is 1.52. The SMILES string of the molecule is CC(NC(=O)c1cnn(C)c1Cl)C1CC2CCCC(C2)C1. The number of carbonyl (C=O) groups excluding carboxylic acids is 1. The van der Waals surface area contributed by atoms with Crippen LogP contribution in [0.3, 0.4) is 0 Å². The number of aromatic nitrogens is 2. The third kappa shape index (κ3) is 3.10. The summed E-state index contributed by atoms with van der Waals surface area (Å²) in [4.78, 5) is 12.3. The molecule has 1 N–H and O–H groups in total. The maximum atomic E-state index is 12.3. The van der Waals surface area contributed by atoms with Crippen LogP contribution in [0, 0.1) is 17.8 Å². The minimum atomic E-state index is -0.101. The third-order valence-electron chi connectivity index (χ3n) is 5.34. The Kier molecular flexibility index (Phi) is 4.25. The molecule has 2 saturated carbocycles. The molecule has 3 rings (SSSR count). The molecule has 0 radical (unpaired) electrons. The summed E-state index contributed by atoms with van der Waals surface area (Å²) in [5, 5.41) is 7.56. The zero-order chi connectivity index (χ0) is 15.0. The summed E-state index contributed by atoms with van der Waals surface area (Å²) in [6, 6.07) is 0.206. The van der Waals surface area contributed by atoms with Gasteiger partial charge in [-0.2, -0.15) is 5.10 Å². The van der Waals surface area contributed by atoms with E-state index in [0.29, 0.717) is 16.6 Å². The van der Waals surface area contributed by atoms with Crippen molar-refractivity contribution >= 4 is 17.5 Å². The highest BCUT2D eigenvalue weighted by molar-refractivity contribution is 6.32. The Bertz CT molecular complexity index is 516. The van der Waals surface area contributed by atoms with Crippen LogP contribution in [-0.2, 0) is 7.05 Å². The van der Waals surface area contributed by atoms with Crippen LogP contribution < -0.4 is 5.32 Å². The number of hydrogen-bond acceptors (Lipinski definition) is 2. The van der Waals surface area contributed by atoms with E-state index in [1.807, 2.05) is 0 Å². The van der Waals surface area contributed by atoms with E-state index < -0.39 is 0 Å². The number of nitrogens with zero attached hydrogens (tertiary/aromatic N) is 2. The number of hydrogen-bond donors (Lipinski definition) is 1. The van der Waals surface area contributed by atoms with Crippen molar-refractivity contribution in [1.82, 2.24) is 15.1 Å². The van der Waals surface area contributed by atoms with E-state index in [2.05, 4.69) is 17.3 Å². The van der Waals surface area contributed by atoms with E-state index in [-0.39, 0.29) is 11.9 Å². The van der Waals surface area contributed by atoms with Gasteiger partial charge >= 0.3 is 0 Å². The van der Waals surface area contributed by atoms with Crippen molar-refractivity contribution in [2.75, 3.05) is 0 Å². The van der Waals surface area contributed by atoms with Crippen molar-refractivity contribution in [2.24, 2.45) is 24.8 Å². The largest absolute Gasteiger partial charge is 0.349 e. The van der Waals surface area contributed by atoms with Gasteiger partial charge in [-0.3, -0.25) is 9.48 Å². The maximum Gasteiger partial charge on any atom is 0.256 e. The van der Waals surface area contributed by atoms with Crippen LogP contribution in [0.1, 0.15) is 55.8 Å². The first-order valence-electron chi connectivity index (χ1n) is 8.03. The number of aryl methyl sites for hydroxylation is 1. The Labute approximate surface area is 131 Å². The molecule has 1 amide bonds. The number of rotatable bonds is 3. The van der Waals surface area contributed by atoms with Gasteiger partial charge in [0.15, 0.2) is 0 Å².